The Kier molecular flexibility index (Phi) is 54.0. The normalized spacial score (nSPS) is 19.0. The molecule has 6 N–H and O–H groups in total. The predicted molar refractivity (Wildman–Crippen MR) is 323 cm³/mol. The average Bonchev–Trinajstić information content (AvgIpc) is 3.42. The van der Waals surface area contributed by atoms with Gasteiger partial charge in [-0.2, -0.15) is 0 Å². The first kappa shape index (κ1) is 72.4. The molecule has 0 radical (unpaired) electrons. The molecule has 0 bridgehead atoms. The van der Waals surface area contributed by atoms with Crippen molar-refractivity contribution in [3.8, 4) is 0 Å². The van der Waals surface area contributed by atoms with Gasteiger partial charge < -0.3 is 40.3 Å². The number of ether oxygens (including phenoxy) is 2. The molecular weight excluding hydrogens is 947 g/mol. The minimum absolute atomic E-state index is 0.134. The van der Waals surface area contributed by atoms with Crippen LogP contribution < -0.4 is 5.32 Å². The van der Waals surface area contributed by atoms with E-state index >= 15 is 0 Å². The van der Waals surface area contributed by atoms with Crippen LogP contribution in [0, 0.1) is 0 Å². The first-order valence-corrected chi connectivity index (χ1v) is 33.2. The second-order valence-electron chi connectivity index (χ2n) is 23.3. The van der Waals surface area contributed by atoms with Gasteiger partial charge in [0.1, 0.15) is 24.4 Å². The van der Waals surface area contributed by atoms with E-state index in [0.717, 1.165) is 51.4 Å². The number of aliphatic hydroxyl groups excluding tert-OH is 5. The number of amides is 1. The minimum atomic E-state index is -1.55. The van der Waals surface area contributed by atoms with Crippen LogP contribution in [-0.4, -0.2) is 87.5 Å². The Morgan fingerprint density at radius 1 is 0.447 bits per heavy atom. The molecule has 1 fully saturated rings. The van der Waals surface area contributed by atoms with E-state index in [1.807, 2.05) is 0 Å². The molecule has 0 aromatic carbocycles. The van der Waals surface area contributed by atoms with Crippen molar-refractivity contribution in [3.63, 3.8) is 0 Å². The largest absolute Gasteiger partial charge is 0.394 e. The fraction of sp³-hybridized carbons (Fsp3) is 0.896. The molecule has 7 unspecified atom stereocenters. The summed E-state index contributed by atoms with van der Waals surface area (Å²) >= 11 is 0. The van der Waals surface area contributed by atoms with Crippen LogP contribution in [0.1, 0.15) is 328 Å². The Hall–Kier alpha value is -1.59. The molecule has 1 aliphatic rings. The van der Waals surface area contributed by atoms with Crippen LogP contribution in [0.5, 0.6) is 0 Å². The van der Waals surface area contributed by atoms with Crippen molar-refractivity contribution in [1.82, 2.24) is 5.32 Å². The Labute approximate surface area is 470 Å². The van der Waals surface area contributed by atoms with Crippen LogP contribution in [-0.2, 0) is 14.3 Å². The molecule has 9 heteroatoms. The van der Waals surface area contributed by atoms with Gasteiger partial charge in [-0.25, -0.2) is 0 Å². The number of allylic oxidation sites excluding steroid dienone is 6. The third-order valence-corrected chi connectivity index (χ3v) is 16.0. The molecular formula is C67H127NO8. The van der Waals surface area contributed by atoms with Crippen LogP contribution in [0.3, 0.4) is 0 Å². The highest BCUT2D eigenvalue weighted by Crippen LogP contribution is 2.24. The maximum atomic E-state index is 13.1. The van der Waals surface area contributed by atoms with Crippen molar-refractivity contribution < 1.29 is 39.8 Å². The lowest BCUT2D eigenvalue weighted by Gasteiger charge is -2.40. The molecule has 0 aromatic heterocycles. The van der Waals surface area contributed by atoms with E-state index < -0.39 is 49.5 Å². The molecule has 0 spiro atoms. The molecule has 1 aliphatic heterocycles. The molecule has 1 saturated heterocycles. The van der Waals surface area contributed by atoms with E-state index in [1.165, 1.54) is 250 Å². The Bertz CT molecular complexity index is 1290. The number of nitrogens with one attached hydrogen (secondary N) is 1. The van der Waals surface area contributed by atoms with Crippen molar-refractivity contribution in [3.05, 3.63) is 36.5 Å². The van der Waals surface area contributed by atoms with Gasteiger partial charge in [-0.3, -0.25) is 4.79 Å². The van der Waals surface area contributed by atoms with Crippen molar-refractivity contribution in [2.45, 2.75) is 371 Å². The Balaban J connectivity index is 2.11. The lowest BCUT2D eigenvalue weighted by molar-refractivity contribution is -0.302. The van der Waals surface area contributed by atoms with E-state index in [9.17, 15) is 30.3 Å². The summed E-state index contributed by atoms with van der Waals surface area (Å²) in [7, 11) is 0. The van der Waals surface area contributed by atoms with Gasteiger partial charge in [0.05, 0.1) is 25.4 Å². The van der Waals surface area contributed by atoms with Crippen molar-refractivity contribution in [2.75, 3.05) is 13.2 Å². The highest BCUT2D eigenvalue weighted by atomic mass is 16.7. The standard InChI is InChI=1S/C67H127NO8/c1-3-5-7-9-11-13-15-17-19-21-23-25-26-27-28-29-30-31-32-33-34-35-36-37-39-41-43-45-47-49-51-53-55-57-63(71)68-60(59-75-67-66(74)65(73)64(72)62(58-69)76-67)61(70)56-54-52-50-48-46-44-42-40-38-24-22-20-18-16-14-12-10-8-6-4-2/h15,17,21,23,26-27,60-62,64-67,69-70,72-74H,3-14,16,18-20,22,24-25,28-59H2,1-2H3,(H,68,71)/b17-15-,23-21-,27-26-. The van der Waals surface area contributed by atoms with Gasteiger partial charge in [0.2, 0.25) is 5.91 Å². The van der Waals surface area contributed by atoms with Crippen molar-refractivity contribution >= 4 is 5.91 Å². The summed E-state index contributed by atoms with van der Waals surface area (Å²) in [6, 6.07) is -0.719. The van der Waals surface area contributed by atoms with Gasteiger partial charge in [-0.05, 0) is 51.4 Å². The summed E-state index contributed by atoms with van der Waals surface area (Å²) in [4.78, 5) is 13.1. The molecule has 1 rings (SSSR count). The monoisotopic (exact) mass is 1070 g/mol. The number of carbonyl (C=O) groups excluding carboxylic acids is 1. The second kappa shape index (κ2) is 56.7. The molecule has 76 heavy (non-hydrogen) atoms. The Morgan fingerprint density at radius 3 is 1.14 bits per heavy atom. The third kappa shape index (κ3) is 45.2. The molecule has 448 valence electrons. The summed E-state index contributed by atoms with van der Waals surface area (Å²) < 4.78 is 11.4. The number of carbonyl (C=O) groups is 1. The molecule has 1 amide bonds. The number of aliphatic hydroxyl groups is 5. The van der Waals surface area contributed by atoms with Crippen molar-refractivity contribution in [2.24, 2.45) is 0 Å². The lowest BCUT2D eigenvalue weighted by atomic mass is 9.99. The first-order valence-electron chi connectivity index (χ1n) is 33.2. The van der Waals surface area contributed by atoms with E-state index in [4.69, 9.17) is 9.47 Å². The quantitative estimate of drug-likeness (QED) is 0.0261. The number of unbranched alkanes of at least 4 members (excludes halogenated alkanes) is 42. The molecule has 0 saturated carbocycles. The van der Waals surface area contributed by atoms with E-state index in [1.54, 1.807) is 0 Å². The van der Waals surface area contributed by atoms with Crippen LogP contribution in [0.4, 0.5) is 0 Å². The van der Waals surface area contributed by atoms with Crippen LogP contribution in [0.2, 0.25) is 0 Å². The number of hydrogen-bond acceptors (Lipinski definition) is 8. The van der Waals surface area contributed by atoms with Gasteiger partial charge in [-0.1, -0.05) is 307 Å². The van der Waals surface area contributed by atoms with Crippen molar-refractivity contribution in [1.29, 1.82) is 0 Å². The van der Waals surface area contributed by atoms with Gasteiger partial charge in [0.15, 0.2) is 6.29 Å². The molecule has 7 atom stereocenters. The zero-order valence-electron chi connectivity index (χ0n) is 50.0. The summed E-state index contributed by atoms with van der Waals surface area (Å²) in [5.41, 5.74) is 0. The second-order valence-corrected chi connectivity index (χ2v) is 23.3. The zero-order chi connectivity index (χ0) is 55.0. The van der Waals surface area contributed by atoms with Crippen LogP contribution in [0.25, 0.3) is 0 Å². The predicted octanol–water partition coefficient (Wildman–Crippen LogP) is 17.5. The SMILES string of the molecule is CCCCCCC/C=C\C/C=C\C/C=C\CCCCCCCCCCCCCCCCCCCCC(=O)NC(COC1OC(CO)C(O)C(O)C1O)C(O)CCCCCCCCCCCCCCCCCCCCCC. The molecule has 0 aliphatic carbocycles. The zero-order valence-corrected chi connectivity index (χ0v) is 50.0. The fourth-order valence-electron chi connectivity index (χ4n) is 10.8. The maximum Gasteiger partial charge on any atom is 0.220 e. The van der Waals surface area contributed by atoms with E-state index in [0.29, 0.717) is 12.8 Å². The minimum Gasteiger partial charge on any atom is -0.394 e. The number of rotatable bonds is 58. The molecule has 9 nitrogen and oxygen atoms in total. The molecule has 1 heterocycles. The smallest absolute Gasteiger partial charge is 0.220 e. The third-order valence-electron chi connectivity index (χ3n) is 16.0. The van der Waals surface area contributed by atoms with E-state index in [2.05, 4.69) is 55.6 Å². The van der Waals surface area contributed by atoms with E-state index in [-0.39, 0.29) is 12.5 Å². The van der Waals surface area contributed by atoms with Crippen LogP contribution in [0.15, 0.2) is 36.5 Å². The summed E-state index contributed by atoms with van der Waals surface area (Å²) in [5.74, 6) is -0.138. The summed E-state index contributed by atoms with van der Waals surface area (Å²) in [5, 5.41) is 54.8. The average molecular weight is 1070 g/mol. The van der Waals surface area contributed by atoms with Gasteiger partial charge >= 0.3 is 0 Å². The fourth-order valence-corrected chi connectivity index (χ4v) is 10.8. The highest BCUT2D eigenvalue weighted by Gasteiger charge is 2.44. The van der Waals surface area contributed by atoms with Crippen LogP contribution >= 0.6 is 0 Å². The highest BCUT2D eigenvalue weighted by molar-refractivity contribution is 5.76. The summed E-state index contributed by atoms with van der Waals surface area (Å²) in [6.07, 6.45) is 67.7. The summed E-state index contributed by atoms with van der Waals surface area (Å²) in [6.45, 7) is 3.87. The number of hydrogen-bond donors (Lipinski definition) is 6. The van der Waals surface area contributed by atoms with Gasteiger partial charge in [-0.15, -0.1) is 0 Å². The van der Waals surface area contributed by atoms with Gasteiger partial charge in [0, 0.05) is 6.42 Å². The first-order chi connectivity index (χ1) is 37.3. The Morgan fingerprint density at radius 2 is 0.776 bits per heavy atom. The van der Waals surface area contributed by atoms with Gasteiger partial charge in [0.25, 0.3) is 0 Å². The molecule has 0 aromatic rings. The lowest BCUT2D eigenvalue weighted by Crippen LogP contribution is -2.60. The topological polar surface area (TPSA) is 149 Å². The maximum absolute atomic E-state index is 13.1.